The standard InChI is InChI=1S/C14H17N3O/c18-13-7-2-1-5-10(13)11-9-16-17-14(11)12-6-3-4-8-15-12/h1-2,5,7,9,12,15,18H,3-4,6,8H2,(H,16,17). The first-order valence-corrected chi connectivity index (χ1v) is 6.41. The van der Waals surface area contributed by atoms with E-state index in [1.54, 1.807) is 12.3 Å². The summed E-state index contributed by atoms with van der Waals surface area (Å²) in [7, 11) is 0. The van der Waals surface area contributed by atoms with Crippen molar-refractivity contribution in [3.8, 4) is 16.9 Å². The summed E-state index contributed by atoms with van der Waals surface area (Å²) < 4.78 is 0. The topological polar surface area (TPSA) is 60.9 Å². The highest BCUT2D eigenvalue weighted by Gasteiger charge is 2.21. The number of rotatable bonds is 2. The van der Waals surface area contributed by atoms with E-state index in [-0.39, 0.29) is 0 Å². The molecule has 4 heteroatoms. The van der Waals surface area contributed by atoms with Crippen LogP contribution in [-0.4, -0.2) is 21.8 Å². The molecule has 1 aromatic carbocycles. The fraction of sp³-hybridized carbons (Fsp3) is 0.357. The molecule has 1 aliphatic heterocycles. The second-order valence-electron chi connectivity index (χ2n) is 4.72. The Bertz CT molecular complexity index is 529. The summed E-state index contributed by atoms with van der Waals surface area (Å²) >= 11 is 0. The van der Waals surface area contributed by atoms with E-state index >= 15 is 0 Å². The van der Waals surface area contributed by atoms with Gasteiger partial charge >= 0.3 is 0 Å². The molecule has 3 N–H and O–H groups in total. The average Bonchev–Trinajstić information content (AvgIpc) is 2.89. The minimum Gasteiger partial charge on any atom is -0.507 e. The number of nitrogens with one attached hydrogen (secondary N) is 2. The molecule has 1 fully saturated rings. The first-order valence-electron chi connectivity index (χ1n) is 6.41. The molecule has 0 bridgehead atoms. The molecule has 94 valence electrons. The van der Waals surface area contributed by atoms with Crippen molar-refractivity contribution in [1.82, 2.24) is 15.5 Å². The summed E-state index contributed by atoms with van der Waals surface area (Å²) in [6, 6.07) is 7.71. The van der Waals surface area contributed by atoms with Gasteiger partial charge in [-0.1, -0.05) is 24.6 Å². The number of H-pyrrole nitrogens is 1. The van der Waals surface area contributed by atoms with Gasteiger partial charge in [0.05, 0.1) is 11.9 Å². The molecule has 0 amide bonds. The van der Waals surface area contributed by atoms with Gasteiger partial charge in [0.25, 0.3) is 0 Å². The predicted molar refractivity (Wildman–Crippen MR) is 70.3 cm³/mol. The van der Waals surface area contributed by atoms with E-state index in [1.807, 2.05) is 18.2 Å². The third-order valence-corrected chi connectivity index (χ3v) is 3.52. The Balaban J connectivity index is 1.98. The third-order valence-electron chi connectivity index (χ3n) is 3.52. The summed E-state index contributed by atoms with van der Waals surface area (Å²) in [5.74, 6) is 0.302. The average molecular weight is 243 g/mol. The highest BCUT2D eigenvalue weighted by Crippen LogP contribution is 2.34. The van der Waals surface area contributed by atoms with Gasteiger partial charge in [-0.15, -0.1) is 0 Å². The van der Waals surface area contributed by atoms with Crippen molar-refractivity contribution in [2.75, 3.05) is 6.54 Å². The first-order chi connectivity index (χ1) is 8.86. The van der Waals surface area contributed by atoms with Gasteiger partial charge in [-0.3, -0.25) is 5.10 Å². The molecule has 2 aromatic rings. The van der Waals surface area contributed by atoms with Gasteiger partial charge in [0.2, 0.25) is 0 Å². The molecule has 1 aromatic heterocycles. The molecule has 1 saturated heterocycles. The minimum atomic E-state index is 0.302. The highest BCUT2D eigenvalue weighted by atomic mass is 16.3. The summed E-state index contributed by atoms with van der Waals surface area (Å²) in [5.41, 5.74) is 2.91. The molecule has 1 unspecified atom stereocenters. The Kier molecular flexibility index (Phi) is 3.02. The predicted octanol–water partition coefficient (Wildman–Crippen LogP) is 2.60. The number of para-hydroxylation sites is 1. The number of phenolic OH excluding ortho intramolecular Hbond substituents is 1. The molecule has 3 rings (SSSR count). The summed E-state index contributed by atoms with van der Waals surface area (Å²) in [6.45, 7) is 1.05. The van der Waals surface area contributed by atoms with E-state index < -0.39 is 0 Å². The maximum absolute atomic E-state index is 9.94. The Morgan fingerprint density at radius 3 is 2.83 bits per heavy atom. The number of aromatic hydroxyl groups is 1. The monoisotopic (exact) mass is 243 g/mol. The summed E-state index contributed by atoms with van der Waals surface area (Å²) in [5, 5.41) is 20.7. The number of hydrogen-bond donors (Lipinski definition) is 3. The number of aromatic amines is 1. The van der Waals surface area contributed by atoms with Crippen LogP contribution in [0.25, 0.3) is 11.1 Å². The molecule has 1 aliphatic rings. The second kappa shape index (κ2) is 4.82. The minimum absolute atomic E-state index is 0.302. The van der Waals surface area contributed by atoms with Crippen LogP contribution in [0.2, 0.25) is 0 Å². The zero-order chi connectivity index (χ0) is 12.4. The van der Waals surface area contributed by atoms with Gasteiger partial charge in [0, 0.05) is 17.2 Å². The lowest BCUT2D eigenvalue weighted by molar-refractivity contribution is 0.405. The lowest BCUT2D eigenvalue weighted by Crippen LogP contribution is -2.27. The van der Waals surface area contributed by atoms with Gasteiger partial charge in [0.15, 0.2) is 0 Å². The maximum atomic E-state index is 9.94. The van der Waals surface area contributed by atoms with Crippen LogP contribution in [0.15, 0.2) is 30.5 Å². The molecule has 0 spiro atoms. The van der Waals surface area contributed by atoms with E-state index in [0.29, 0.717) is 11.8 Å². The van der Waals surface area contributed by atoms with Gasteiger partial charge < -0.3 is 10.4 Å². The molecular formula is C14H17N3O. The number of hydrogen-bond acceptors (Lipinski definition) is 3. The number of nitrogens with zero attached hydrogens (tertiary/aromatic N) is 1. The molecule has 0 aliphatic carbocycles. The lowest BCUT2D eigenvalue weighted by atomic mass is 9.96. The van der Waals surface area contributed by atoms with Gasteiger partial charge in [-0.05, 0) is 25.5 Å². The van der Waals surface area contributed by atoms with Crippen molar-refractivity contribution in [3.63, 3.8) is 0 Å². The number of benzene rings is 1. The van der Waals surface area contributed by atoms with Gasteiger partial charge in [-0.25, -0.2) is 0 Å². The van der Waals surface area contributed by atoms with E-state index in [9.17, 15) is 5.11 Å². The quantitative estimate of drug-likeness (QED) is 0.759. The van der Waals surface area contributed by atoms with Crippen molar-refractivity contribution in [1.29, 1.82) is 0 Å². The molecule has 4 nitrogen and oxygen atoms in total. The Morgan fingerprint density at radius 2 is 2.06 bits per heavy atom. The van der Waals surface area contributed by atoms with Gasteiger partial charge in [-0.2, -0.15) is 5.10 Å². The molecule has 1 atom stereocenters. The number of piperidine rings is 1. The fourth-order valence-electron chi connectivity index (χ4n) is 2.58. The molecular weight excluding hydrogens is 226 g/mol. The van der Waals surface area contributed by atoms with Crippen LogP contribution in [0, 0.1) is 0 Å². The fourth-order valence-corrected chi connectivity index (χ4v) is 2.58. The van der Waals surface area contributed by atoms with Crippen LogP contribution in [0.3, 0.4) is 0 Å². The molecule has 2 heterocycles. The number of aromatic nitrogens is 2. The van der Waals surface area contributed by atoms with Crippen LogP contribution in [0.4, 0.5) is 0 Å². The van der Waals surface area contributed by atoms with Crippen LogP contribution in [-0.2, 0) is 0 Å². The second-order valence-corrected chi connectivity index (χ2v) is 4.72. The first kappa shape index (κ1) is 11.3. The van der Waals surface area contributed by atoms with Crippen LogP contribution >= 0.6 is 0 Å². The van der Waals surface area contributed by atoms with Crippen molar-refractivity contribution in [3.05, 3.63) is 36.2 Å². The Morgan fingerprint density at radius 1 is 1.17 bits per heavy atom. The highest BCUT2D eigenvalue weighted by molar-refractivity contribution is 5.71. The Labute approximate surface area is 106 Å². The summed E-state index contributed by atoms with van der Waals surface area (Å²) in [4.78, 5) is 0. The van der Waals surface area contributed by atoms with Crippen LogP contribution < -0.4 is 5.32 Å². The zero-order valence-corrected chi connectivity index (χ0v) is 10.2. The van der Waals surface area contributed by atoms with Gasteiger partial charge in [0.1, 0.15) is 5.75 Å². The van der Waals surface area contributed by atoms with Crippen molar-refractivity contribution >= 4 is 0 Å². The number of phenols is 1. The molecule has 0 saturated carbocycles. The third kappa shape index (κ3) is 1.99. The van der Waals surface area contributed by atoms with Crippen LogP contribution in [0.5, 0.6) is 5.75 Å². The largest absolute Gasteiger partial charge is 0.507 e. The van der Waals surface area contributed by atoms with Crippen molar-refractivity contribution < 1.29 is 5.11 Å². The van der Waals surface area contributed by atoms with Crippen LogP contribution in [0.1, 0.15) is 31.0 Å². The normalized spacial score (nSPS) is 19.9. The SMILES string of the molecule is Oc1ccccc1-c1cn[nH]c1C1CCCCN1. The van der Waals surface area contributed by atoms with Crippen molar-refractivity contribution in [2.45, 2.75) is 25.3 Å². The van der Waals surface area contributed by atoms with E-state index in [1.165, 1.54) is 12.8 Å². The van der Waals surface area contributed by atoms with Crippen molar-refractivity contribution in [2.24, 2.45) is 0 Å². The van der Waals surface area contributed by atoms with E-state index in [0.717, 1.165) is 29.8 Å². The molecule has 0 radical (unpaired) electrons. The zero-order valence-electron chi connectivity index (χ0n) is 10.2. The Hall–Kier alpha value is -1.81. The lowest BCUT2D eigenvalue weighted by Gasteiger charge is -2.23. The van der Waals surface area contributed by atoms with E-state index in [4.69, 9.17) is 0 Å². The summed E-state index contributed by atoms with van der Waals surface area (Å²) in [6.07, 6.45) is 5.37. The molecule has 18 heavy (non-hydrogen) atoms. The maximum Gasteiger partial charge on any atom is 0.123 e. The van der Waals surface area contributed by atoms with E-state index in [2.05, 4.69) is 15.5 Å². The smallest absolute Gasteiger partial charge is 0.123 e.